The number of aliphatic hydroxyl groups excluding tert-OH is 1. The summed E-state index contributed by atoms with van der Waals surface area (Å²) in [6.07, 6.45) is 0.696. The Labute approximate surface area is 283 Å². The molecule has 6 atom stereocenters. The third kappa shape index (κ3) is 8.38. The number of sulfonamides is 1. The summed E-state index contributed by atoms with van der Waals surface area (Å²) < 4.78 is 47.1. The summed E-state index contributed by atoms with van der Waals surface area (Å²) in [5.74, 6) is -0.0462. The maximum absolute atomic E-state index is 14.5. The van der Waals surface area contributed by atoms with Gasteiger partial charge in [0.1, 0.15) is 6.10 Å². The molecule has 13 heteroatoms. The van der Waals surface area contributed by atoms with Crippen LogP contribution < -0.4 is 16.0 Å². The van der Waals surface area contributed by atoms with Gasteiger partial charge in [-0.05, 0) is 48.4 Å². The van der Waals surface area contributed by atoms with Gasteiger partial charge >= 0.3 is 6.09 Å². The van der Waals surface area contributed by atoms with Crippen LogP contribution >= 0.6 is 0 Å². The summed E-state index contributed by atoms with van der Waals surface area (Å²) in [4.78, 5) is 25.7. The molecule has 0 aromatic heterocycles. The summed E-state index contributed by atoms with van der Waals surface area (Å²) in [6, 6.07) is 13.0. The lowest BCUT2D eigenvalue weighted by Crippen LogP contribution is -2.53. The van der Waals surface area contributed by atoms with Crippen LogP contribution in [0.5, 0.6) is 0 Å². The van der Waals surface area contributed by atoms with E-state index in [9.17, 15) is 23.1 Å². The fourth-order valence-corrected chi connectivity index (χ4v) is 8.06. The standard InChI is InChI=1S/C35H48N4O8S/c1-5-23(4)17-36-18-28-27-16-25(11-12-29(27)38-33(28)41)48(43,44)39(20-22(2)3)30(15-24-9-7-6-8-10-24)31(40)19-37-35(42)47-32-21-46-34-26(32)13-14-45-34/h6-12,16,18,22-23,26,30-32,34,36,40H,5,13-15,17,19-21H2,1-4H3,(H,37,42)(H,38,41). The van der Waals surface area contributed by atoms with Crippen LogP contribution in [-0.2, 0) is 35.4 Å². The van der Waals surface area contributed by atoms with Crippen molar-refractivity contribution in [2.75, 3.05) is 38.2 Å². The van der Waals surface area contributed by atoms with E-state index in [0.717, 1.165) is 18.4 Å². The molecular formula is C35H48N4O8S. The molecule has 0 saturated carbocycles. The third-order valence-electron chi connectivity index (χ3n) is 9.14. The molecule has 2 saturated heterocycles. The second-order valence-corrected chi connectivity index (χ2v) is 15.2. The summed E-state index contributed by atoms with van der Waals surface area (Å²) in [7, 11) is -4.22. The van der Waals surface area contributed by atoms with Gasteiger partial charge in [-0.15, -0.1) is 0 Å². The Morgan fingerprint density at radius 3 is 2.65 bits per heavy atom. The molecule has 0 aliphatic carbocycles. The van der Waals surface area contributed by atoms with Crippen molar-refractivity contribution in [3.05, 3.63) is 65.9 Å². The van der Waals surface area contributed by atoms with Crippen molar-refractivity contribution in [3.63, 3.8) is 0 Å². The van der Waals surface area contributed by atoms with Gasteiger partial charge in [0.25, 0.3) is 5.91 Å². The monoisotopic (exact) mass is 684 g/mol. The number of benzene rings is 2. The number of carbonyl (C=O) groups is 2. The molecular weight excluding hydrogens is 636 g/mol. The first-order valence-electron chi connectivity index (χ1n) is 16.8. The highest BCUT2D eigenvalue weighted by atomic mass is 32.2. The summed E-state index contributed by atoms with van der Waals surface area (Å²) in [6.45, 7) is 9.32. The van der Waals surface area contributed by atoms with Crippen molar-refractivity contribution in [2.24, 2.45) is 17.8 Å². The Balaban J connectivity index is 1.39. The molecule has 262 valence electrons. The quantitative estimate of drug-likeness (QED) is 0.206. The van der Waals surface area contributed by atoms with Crippen LogP contribution in [-0.4, -0.2) is 87.2 Å². The lowest BCUT2D eigenvalue weighted by atomic mass is 10.0. The first kappa shape index (κ1) is 35.8. The number of nitrogens with zero attached hydrogens (tertiary/aromatic N) is 1. The second-order valence-electron chi connectivity index (χ2n) is 13.3. The summed E-state index contributed by atoms with van der Waals surface area (Å²) in [5, 5.41) is 20.3. The highest BCUT2D eigenvalue weighted by Gasteiger charge is 2.44. The van der Waals surface area contributed by atoms with Crippen LogP contribution in [0.3, 0.4) is 0 Å². The normalized spacial score (nSPS) is 23.1. The lowest BCUT2D eigenvalue weighted by Gasteiger charge is -2.35. The molecule has 0 bridgehead atoms. The maximum atomic E-state index is 14.5. The van der Waals surface area contributed by atoms with E-state index in [4.69, 9.17) is 14.2 Å². The van der Waals surface area contributed by atoms with Gasteiger partial charge in [-0.2, -0.15) is 4.31 Å². The number of amides is 2. The van der Waals surface area contributed by atoms with Gasteiger partial charge < -0.3 is 35.3 Å². The molecule has 2 amide bonds. The molecule has 12 nitrogen and oxygen atoms in total. The van der Waals surface area contributed by atoms with Gasteiger partial charge in [0, 0.05) is 37.1 Å². The molecule has 5 rings (SSSR count). The van der Waals surface area contributed by atoms with Crippen LogP contribution in [0.25, 0.3) is 5.57 Å². The predicted molar refractivity (Wildman–Crippen MR) is 181 cm³/mol. The topological polar surface area (TPSA) is 156 Å². The van der Waals surface area contributed by atoms with E-state index in [1.54, 1.807) is 12.3 Å². The molecule has 4 N–H and O–H groups in total. The smallest absolute Gasteiger partial charge is 0.407 e. The summed E-state index contributed by atoms with van der Waals surface area (Å²) >= 11 is 0. The van der Waals surface area contributed by atoms with E-state index in [1.165, 1.54) is 16.4 Å². The van der Waals surface area contributed by atoms with E-state index in [1.807, 2.05) is 44.2 Å². The number of alkyl carbamates (subject to hydrolysis) is 1. The number of anilines is 1. The van der Waals surface area contributed by atoms with Crippen LogP contribution in [0.2, 0.25) is 0 Å². The van der Waals surface area contributed by atoms with Gasteiger partial charge in [0.05, 0.1) is 41.7 Å². The Bertz CT molecular complexity index is 1570. The molecule has 0 spiro atoms. The fourth-order valence-electron chi connectivity index (χ4n) is 6.22. The zero-order chi connectivity index (χ0) is 34.4. The molecule has 6 unspecified atom stereocenters. The van der Waals surface area contributed by atoms with Crippen LogP contribution in [0.4, 0.5) is 10.5 Å². The largest absolute Gasteiger partial charge is 0.443 e. The maximum Gasteiger partial charge on any atom is 0.407 e. The SMILES string of the molecule is CCC(C)CNC=C1C(=O)Nc2ccc(S(=O)(=O)N(CC(C)C)C(Cc3ccccc3)C(O)CNC(=O)OC3COC4OCCC34)cc21. The number of hydrogen-bond donors (Lipinski definition) is 4. The van der Waals surface area contributed by atoms with Gasteiger partial charge in [-0.25, -0.2) is 13.2 Å². The van der Waals surface area contributed by atoms with Gasteiger partial charge in [0.2, 0.25) is 10.0 Å². The fraction of sp³-hybridized carbons (Fsp3) is 0.543. The average molecular weight is 685 g/mol. The van der Waals surface area contributed by atoms with E-state index in [-0.39, 0.29) is 55.0 Å². The van der Waals surface area contributed by atoms with Crippen LogP contribution in [0.1, 0.15) is 51.7 Å². The number of nitrogens with one attached hydrogen (secondary N) is 3. The molecule has 48 heavy (non-hydrogen) atoms. The average Bonchev–Trinajstić information content (AvgIpc) is 3.77. The Hall–Kier alpha value is -3.49. The number of fused-ring (bicyclic) bond motifs is 2. The number of ether oxygens (including phenoxy) is 3. The van der Waals surface area contributed by atoms with Gasteiger partial charge in [-0.1, -0.05) is 64.4 Å². The van der Waals surface area contributed by atoms with E-state index in [0.29, 0.717) is 35.9 Å². The van der Waals surface area contributed by atoms with Crippen molar-refractivity contribution in [1.29, 1.82) is 0 Å². The highest BCUT2D eigenvalue weighted by Crippen LogP contribution is 2.35. The van der Waals surface area contributed by atoms with E-state index in [2.05, 4.69) is 29.8 Å². The van der Waals surface area contributed by atoms with E-state index < -0.39 is 34.4 Å². The van der Waals surface area contributed by atoms with Crippen LogP contribution in [0, 0.1) is 17.8 Å². The zero-order valence-electron chi connectivity index (χ0n) is 28.1. The minimum Gasteiger partial charge on any atom is -0.443 e. The molecule has 2 fully saturated rings. The van der Waals surface area contributed by atoms with Crippen molar-refractivity contribution in [2.45, 2.75) is 76.4 Å². The minimum absolute atomic E-state index is 0.00146. The van der Waals surface area contributed by atoms with Crippen LogP contribution in [0.15, 0.2) is 59.6 Å². The number of aliphatic hydroxyl groups is 1. The predicted octanol–water partition coefficient (Wildman–Crippen LogP) is 3.72. The molecule has 2 aromatic carbocycles. The second kappa shape index (κ2) is 15.8. The Kier molecular flexibility index (Phi) is 11.8. The Morgan fingerprint density at radius 2 is 1.92 bits per heavy atom. The highest BCUT2D eigenvalue weighted by molar-refractivity contribution is 7.89. The minimum atomic E-state index is -4.22. The molecule has 3 aliphatic rings. The molecule has 3 heterocycles. The molecule has 2 aromatic rings. The van der Waals surface area contributed by atoms with Gasteiger partial charge in [-0.3, -0.25) is 4.79 Å². The number of rotatable bonds is 15. The number of carbonyl (C=O) groups excluding carboxylic acids is 2. The van der Waals surface area contributed by atoms with Crippen molar-refractivity contribution in [1.82, 2.24) is 14.9 Å². The first-order chi connectivity index (χ1) is 23.0. The molecule has 0 radical (unpaired) electrons. The zero-order valence-corrected chi connectivity index (χ0v) is 28.9. The van der Waals surface area contributed by atoms with Crippen molar-refractivity contribution in [3.8, 4) is 0 Å². The number of hydrogen-bond acceptors (Lipinski definition) is 9. The first-order valence-corrected chi connectivity index (χ1v) is 18.2. The van der Waals surface area contributed by atoms with Crippen molar-refractivity contribution < 1.29 is 37.3 Å². The third-order valence-corrected chi connectivity index (χ3v) is 11.0. The Morgan fingerprint density at radius 1 is 1.15 bits per heavy atom. The molecule has 3 aliphatic heterocycles. The van der Waals surface area contributed by atoms with E-state index >= 15 is 0 Å². The summed E-state index contributed by atoms with van der Waals surface area (Å²) in [5.41, 5.74) is 2.19. The lowest BCUT2D eigenvalue weighted by molar-refractivity contribution is -0.110. The van der Waals surface area contributed by atoms with Crippen molar-refractivity contribution >= 4 is 33.3 Å². The van der Waals surface area contributed by atoms with Gasteiger partial charge in [0.15, 0.2) is 6.29 Å².